The summed E-state index contributed by atoms with van der Waals surface area (Å²) in [5.41, 5.74) is -1.94. The van der Waals surface area contributed by atoms with Crippen LogP contribution < -0.4 is 0 Å². The van der Waals surface area contributed by atoms with E-state index in [2.05, 4.69) is 0 Å². The van der Waals surface area contributed by atoms with Gasteiger partial charge in [-0.15, -0.1) is 0 Å². The van der Waals surface area contributed by atoms with Crippen molar-refractivity contribution in [1.29, 1.82) is 0 Å². The number of carbonyl (C=O) groups excluding carboxylic acids is 2. The van der Waals surface area contributed by atoms with Gasteiger partial charge in [-0.25, -0.2) is 0 Å². The van der Waals surface area contributed by atoms with Crippen LogP contribution in [0.25, 0.3) is 0 Å². The Bertz CT molecular complexity index is 576. The van der Waals surface area contributed by atoms with E-state index in [-0.39, 0.29) is 12.3 Å². The minimum Gasteiger partial charge on any atom is -0.299 e. The van der Waals surface area contributed by atoms with Gasteiger partial charge in [-0.1, -0.05) is 13.8 Å². The van der Waals surface area contributed by atoms with Gasteiger partial charge in [-0.05, 0) is 12.0 Å². The maximum atomic E-state index is 12.1. The lowest BCUT2D eigenvalue weighted by atomic mass is 9.98. The fraction of sp³-hybridized carbons (Fsp3) is 0.385. The molecule has 0 aliphatic rings. The van der Waals surface area contributed by atoms with Crippen LogP contribution in [-0.2, 0) is 4.79 Å². The van der Waals surface area contributed by atoms with Gasteiger partial charge in [0.2, 0.25) is 0 Å². The Balaban J connectivity index is 3.21. The second-order valence-corrected chi connectivity index (χ2v) is 4.92. The van der Waals surface area contributed by atoms with Gasteiger partial charge in [-0.3, -0.25) is 29.8 Å². The largest absolute Gasteiger partial charge is 0.299 e. The van der Waals surface area contributed by atoms with Gasteiger partial charge in [0, 0.05) is 18.6 Å². The number of ketones is 2. The first-order valence-corrected chi connectivity index (χ1v) is 6.20. The van der Waals surface area contributed by atoms with Crippen molar-refractivity contribution in [1.82, 2.24) is 0 Å². The van der Waals surface area contributed by atoms with E-state index in [1.807, 2.05) is 0 Å². The van der Waals surface area contributed by atoms with Crippen molar-refractivity contribution in [3.63, 3.8) is 0 Å². The Labute approximate surface area is 120 Å². The second-order valence-electron chi connectivity index (χ2n) is 4.92. The standard InChI is InChI=1S/C13H14N2O6/c1-8(2)6-9(16)7-12(17)13-10(14(18)19)4-3-5-11(13)15(20)21/h3-5,8H,6-7H2,1-2H3. The summed E-state index contributed by atoms with van der Waals surface area (Å²) in [6.07, 6.45) is -0.440. The fourth-order valence-electron chi connectivity index (χ4n) is 1.91. The van der Waals surface area contributed by atoms with Crippen molar-refractivity contribution in [3.05, 3.63) is 44.0 Å². The first-order chi connectivity index (χ1) is 9.73. The highest BCUT2D eigenvalue weighted by atomic mass is 16.6. The highest BCUT2D eigenvalue weighted by molar-refractivity contribution is 6.12. The first kappa shape index (κ1) is 16.4. The molecular weight excluding hydrogens is 280 g/mol. The number of hydrogen-bond acceptors (Lipinski definition) is 6. The number of nitrogens with zero attached hydrogens (tertiary/aromatic N) is 2. The van der Waals surface area contributed by atoms with Crippen LogP contribution in [0.1, 0.15) is 37.0 Å². The van der Waals surface area contributed by atoms with Crippen molar-refractivity contribution in [3.8, 4) is 0 Å². The number of carbonyl (C=O) groups is 2. The van der Waals surface area contributed by atoms with Crippen molar-refractivity contribution in [2.45, 2.75) is 26.7 Å². The van der Waals surface area contributed by atoms with Crippen LogP contribution in [0.3, 0.4) is 0 Å². The van der Waals surface area contributed by atoms with Crippen LogP contribution in [0.2, 0.25) is 0 Å². The van der Waals surface area contributed by atoms with Gasteiger partial charge in [0.15, 0.2) is 11.3 Å². The van der Waals surface area contributed by atoms with E-state index < -0.39 is 44.8 Å². The molecule has 1 rings (SSSR count). The molecule has 0 atom stereocenters. The topological polar surface area (TPSA) is 120 Å². The zero-order chi connectivity index (χ0) is 16.2. The third-order valence-electron chi connectivity index (χ3n) is 2.69. The third-order valence-corrected chi connectivity index (χ3v) is 2.69. The number of Topliss-reactive ketones (excluding diaryl/α,β-unsaturated/α-hetero) is 2. The number of rotatable bonds is 7. The second kappa shape index (κ2) is 6.69. The lowest BCUT2D eigenvalue weighted by Crippen LogP contribution is -2.13. The Kier molecular flexibility index (Phi) is 5.23. The summed E-state index contributed by atoms with van der Waals surface area (Å²) < 4.78 is 0. The molecule has 0 heterocycles. The maximum absolute atomic E-state index is 12.1. The van der Waals surface area contributed by atoms with Crippen molar-refractivity contribution in [2.75, 3.05) is 0 Å². The fourth-order valence-corrected chi connectivity index (χ4v) is 1.91. The quantitative estimate of drug-likeness (QED) is 0.330. The average molecular weight is 294 g/mol. The van der Waals surface area contributed by atoms with Gasteiger partial charge in [-0.2, -0.15) is 0 Å². The molecule has 0 saturated heterocycles. The number of nitro groups is 2. The monoisotopic (exact) mass is 294 g/mol. The highest BCUT2D eigenvalue weighted by Crippen LogP contribution is 2.29. The minimum absolute atomic E-state index is 0.0334. The summed E-state index contributed by atoms with van der Waals surface area (Å²) in [4.78, 5) is 43.8. The molecule has 21 heavy (non-hydrogen) atoms. The molecule has 0 fully saturated rings. The van der Waals surface area contributed by atoms with E-state index in [9.17, 15) is 29.8 Å². The predicted octanol–water partition coefficient (Wildman–Crippen LogP) is 2.69. The summed E-state index contributed by atoms with van der Waals surface area (Å²) in [6.45, 7) is 3.57. The zero-order valence-corrected chi connectivity index (χ0v) is 11.6. The zero-order valence-electron chi connectivity index (χ0n) is 11.6. The third kappa shape index (κ3) is 4.16. The molecule has 1 aromatic carbocycles. The molecule has 0 radical (unpaired) electrons. The molecule has 0 aromatic heterocycles. The molecule has 0 saturated carbocycles. The van der Waals surface area contributed by atoms with Crippen molar-refractivity contribution in [2.24, 2.45) is 5.92 Å². The van der Waals surface area contributed by atoms with E-state index >= 15 is 0 Å². The maximum Gasteiger partial charge on any atom is 0.287 e. The average Bonchev–Trinajstić information content (AvgIpc) is 2.36. The molecule has 0 spiro atoms. The van der Waals surface area contributed by atoms with Crippen LogP contribution in [0.5, 0.6) is 0 Å². The molecule has 112 valence electrons. The van der Waals surface area contributed by atoms with E-state index in [0.29, 0.717) is 0 Å². The number of nitro benzene ring substituents is 2. The van der Waals surface area contributed by atoms with E-state index in [1.165, 1.54) is 0 Å². The lowest BCUT2D eigenvalue weighted by molar-refractivity contribution is -0.394. The Morgan fingerprint density at radius 2 is 1.57 bits per heavy atom. The van der Waals surface area contributed by atoms with Gasteiger partial charge >= 0.3 is 0 Å². The van der Waals surface area contributed by atoms with Gasteiger partial charge in [0.25, 0.3) is 11.4 Å². The van der Waals surface area contributed by atoms with Gasteiger partial charge in [0.05, 0.1) is 16.3 Å². The summed E-state index contributed by atoms with van der Waals surface area (Å²) in [5.74, 6) is -1.27. The summed E-state index contributed by atoms with van der Waals surface area (Å²) in [7, 11) is 0. The van der Waals surface area contributed by atoms with E-state index in [1.54, 1.807) is 13.8 Å². The van der Waals surface area contributed by atoms with Crippen molar-refractivity contribution < 1.29 is 19.4 Å². The summed E-state index contributed by atoms with van der Waals surface area (Å²) in [6, 6.07) is 3.14. The minimum atomic E-state index is -0.903. The molecule has 8 nitrogen and oxygen atoms in total. The molecule has 8 heteroatoms. The van der Waals surface area contributed by atoms with E-state index in [0.717, 1.165) is 18.2 Å². The normalized spacial score (nSPS) is 10.4. The summed E-state index contributed by atoms with van der Waals surface area (Å²) in [5, 5.41) is 21.8. The smallest absolute Gasteiger partial charge is 0.287 e. The van der Waals surface area contributed by atoms with Gasteiger partial charge < -0.3 is 0 Å². The molecular formula is C13H14N2O6. The SMILES string of the molecule is CC(C)CC(=O)CC(=O)c1c([N+](=O)[O-])cccc1[N+](=O)[O-]. The van der Waals surface area contributed by atoms with Crippen molar-refractivity contribution >= 4 is 22.9 Å². The van der Waals surface area contributed by atoms with Crippen LogP contribution in [0.15, 0.2) is 18.2 Å². The number of benzene rings is 1. The summed E-state index contributed by atoms with van der Waals surface area (Å²) >= 11 is 0. The molecule has 0 bridgehead atoms. The molecule has 0 aliphatic carbocycles. The predicted molar refractivity (Wildman–Crippen MR) is 73.2 cm³/mol. The van der Waals surface area contributed by atoms with Gasteiger partial charge in [0.1, 0.15) is 5.78 Å². The van der Waals surface area contributed by atoms with E-state index in [4.69, 9.17) is 0 Å². The Morgan fingerprint density at radius 1 is 1.10 bits per heavy atom. The highest BCUT2D eigenvalue weighted by Gasteiger charge is 2.31. The Morgan fingerprint density at radius 3 is 1.95 bits per heavy atom. The lowest BCUT2D eigenvalue weighted by Gasteiger charge is -2.05. The molecule has 0 amide bonds. The van der Waals surface area contributed by atoms with Crippen LogP contribution in [0.4, 0.5) is 11.4 Å². The Hall–Kier alpha value is -2.64. The van der Waals surface area contributed by atoms with Crippen LogP contribution >= 0.6 is 0 Å². The molecule has 0 unspecified atom stereocenters. The molecule has 0 N–H and O–H groups in total. The molecule has 1 aromatic rings. The first-order valence-electron chi connectivity index (χ1n) is 6.20. The van der Waals surface area contributed by atoms with Crippen LogP contribution in [-0.4, -0.2) is 21.4 Å². The number of hydrogen-bond donors (Lipinski definition) is 0. The van der Waals surface area contributed by atoms with Crippen LogP contribution in [0, 0.1) is 26.1 Å². The molecule has 0 aliphatic heterocycles.